The van der Waals surface area contributed by atoms with Crippen molar-refractivity contribution >= 4 is 57.4 Å². The summed E-state index contributed by atoms with van der Waals surface area (Å²) in [6.07, 6.45) is 7.78. The minimum absolute atomic E-state index is 0.316. The Balaban J connectivity index is 1.41. The molecule has 33 heavy (non-hydrogen) atoms. The number of thioether (sulfide) groups is 1. The van der Waals surface area contributed by atoms with E-state index >= 15 is 0 Å². The fourth-order valence-electron chi connectivity index (χ4n) is 2.91. The van der Waals surface area contributed by atoms with Crippen molar-refractivity contribution in [3.63, 3.8) is 0 Å². The quantitative estimate of drug-likeness (QED) is 0.415. The van der Waals surface area contributed by atoms with Gasteiger partial charge < -0.3 is 4.57 Å². The third kappa shape index (κ3) is 5.18. The molecular formula is C21H16N8OS3. The zero-order valence-corrected chi connectivity index (χ0v) is 19.7. The Morgan fingerprint density at radius 1 is 1.12 bits per heavy atom. The van der Waals surface area contributed by atoms with Crippen molar-refractivity contribution in [2.75, 3.05) is 5.32 Å². The van der Waals surface area contributed by atoms with Crippen LogP contribution in [0.1, 0.15) is 22.7 Å². The molecule has 4 heterocycles. The Hall–Kier alpha value is -3.35. The number of hydrogen-bond acceptors (Lipinski definition) is 10. The molecule has 0 saturated heterocycles. The first-order valence-electron chi connectivity index (χ1n) is 9.79. The molecular weight excluding hydrogens is 476 g/mol. The number of anilines is 1. The Morgan fingerprint density at radius 2 is 2.00 bits per heavy atom. The summed E-state index contributed by atoms with van der Waals surface area (Å²) in [5.74, 6) is 0.273. The van der Waals surface area contributed by atoms with Gasteiger partial charge in [-0.05, 0) is 43.3 Å². The fourth-order valence-corrected chi connectivity index (χ4v) is 5.14. The van der Waals surface area contributed by atoms with Crippen LogP contribution in [0.15, 0.2) is 80.1 Å². The van der Waals surface area contributed by atoms with E-state index in [0.717, 1.165) is 32.1 Å². The van der Waals surface area contributed by atoms with Crippen molar-refractivity contribution in [1.29, 1.82) is 0 Å². The molecule has 164 valence electrons. The molecule has 1 amide bonds. The lowest BCUT2D eigenvalue weighted by Gasteiger charge is -2.10. The number of aryl methyl sites for hydroxylation is 1. The minimum atomic E-state index is -0.337. The van der Waals surface area contributed by atoms with Gasteiger partial charge in [0.2, 0.25) is 5.13 Å². The number of nitrogens with zero attached hydrogens (tertiary/aromatic N) is 7. The van der Waals surface area contributed by atoms with Gasteiger partial charge in [0.25, 0.3) is 5.91 Å². The zero-order valence-electron chi connectivity index (χ0n) is 17.2. The molecule has 0 saturated carbocycles. The van der Waals surface area contributed by atoms with Crippen molar-refractivity contribution in [2.45, 2.75) is 28.2 Å². The van der Waals surface area contributed by atoms with Crippen LogP contribution in [-0.4, -0.2) is 41.1 Å². The Kier molecular flexibility index (Phi) is 6.28. The van der Waals surface area contributed by atoms with E-state index in [9.17, 15) is 4.79 Å². The highest BCUT2D eigenvalue weighted by Crippen LogP contribution is 2.33. The second-order valence-corrected chi connectivity index (χ2v) is 9.72. The van der Waals surface area contributed by atoms with Gasteiger partial charge in [0.1, 0.15) is 21.6 Å². The van der Waals surface area contributed by atoms with E-state index in [2.05, 4.69) is 34.8 Å². The average molecular weight is 493 g/mol. The van der Waals surface area contributed by atoms with E-state index < -0.39 is 0 Å². The van der Waals surface area contributed by atoms with Crippen LogP contribution in [0.5, 0.6) is 0 Å². The summed E-state index contributed by atoms with van der Waals surface area (Å²) in [5.41, 5.74) is 1.32. The lowest BCUT2D eigenvalue weighted by atomic mass is 10.3. The van der Waals surface area contributed by atoms with Crippen LogP contribution in [0.3, 0.4) is 0 Å². The molecule has 1 aliphatic heterocycles. The van der Waals surface area contributed by atoms with Crippen LogP contribution in [0.4, 0.5) is 5.13 Å². The number of pyridine rings is 1. The maximum atomic E-state index is 13.1. The van der Waals surface area contributed by atoms with Gasteiger partial charge in [0.05, 0.1) is 6.33 Å². The zero-order chi connectivity index (χ0) is 22.6. The smallest absolute Gasteiger partial charge is 0.277 e. The number of aromatic nitrogens is 5. The molecule has 1 aliphatic rings. The molecule has 1 N–H and O–H groups in total. The lowest BCUT2D eigenvalue weighted by molar-refractivity contribution is 0.101. The summed E-state index contributed by atoms with van der Waals surface area (Å²) in [6, 6.07) is 11.8. The topological polar surface area (TPSA) is 110 Å². The molecule has 3 aromatic heterocycles. The van der Waals surface area contributed by atoms with Gasteiger partial charge in [-0.1, -0.05) is 23.5 Å². The van der Waals surface area contributed by atoms with Gasteiger partial charge in [-0.3, -0.25) is 10.1 Å². The van der Waals surface area contributed by atoms with Crippen LogP contribution in [0, 0.1) is 6.92 Å². The Labute approximate surface area is 201 Å². The van der Waals surface area contributed by atoms with Gasteiger partial charge >= 0.3 is 0 Å². The normalized spacial score (nSPS) is 12.7. The third-order valence-corrected chi connectivity index (χ3v) is 7.10. The largest absolute Gasteiger partial charge is 0.306 e. The first kappa shape index (κ1) is 21.5. The predicted molar refractivity (Wildman–Crippen MR) is 131 cm³/mol. The van der Waals surface area contributed by atoms with E-state index in [4.69, 9.17) is 0 Å². The second-order valence-electron chi connectivity index (χ2n) is 6.76. The minimum Gasteiger partial charge on any atom is -0.306 e. The number of nitrogens with one attached hydrogen (secondary N) is 1. The highest BCUT2D eigenvalue weighted by molar-refractivity contribution is 8.14. The van der Waals surface area contributed by atoms with Crippen LogP contribution in [0.2, 0.25) is 0 Å². The van der Waals surface area contributed by atoms with Gasteiger partial charge in [-0.15, -0.1) is 5.10 Å². The summed E-state index contributed by atoms with van der Waals surface area (Å²) in [5, 5.41) is 12.7. The van der Waals surface area contributed by atoms with Crippen LogP contribution >= 0.6 is 35.1 Å². The fraction of sp³-hybridized carbons (Fsp3) is 0.0952. The predicted octanol–water partition coefficient (Wildman–Crippen LogP) is 4.71. The number of hydrogen-bond donors (Lipinski definition) is 1. The first-order chi connectivity index (χ1) is 16.1. The van der Waals surface area contributed by atoms with Crippen molar-refractivity contribution in [3.05, 3.63) is 66.6 Å². The van der Waals surface area contributed by atoms with Crippen molar-refractivity contribution in [2.24, 2.45) is 10.2 Å². The molecule has 0 aliphatic carbocycles. The second kappa shape index (κ2) is 9.65. The number of carbonyl (C=O) groups is 1. The molecule has 4 aromatic rings. The molecule has 0 atom stereocenters. The molecule has 0 fully saturated rings. The third-order valence-electron chi connectivity index (χ3n) is 4.40. The number of benzene rings is 1. The Morgan fingerprint density at radius 3 is 2.70 bits per heavy atom. The van der Waals surface area contributed by atoms with E-state index in [-0.39, 0.29) is 5.91 Å². The molecule has 1 aromatic carbocycles. The highest BCUT2D eigenvalue weighted by Gasteiger charge is 2.19. The summed E-state index contributed by atoms with van der Waals surface area (Å²) >= 11 is 4.01. The van der Waals surface area contributed by atoms with Crippen LogP contribution in [-0.2, 0) is 0 Å². The van der Waals surface area contributed by atoms with Gasteiger partial charge in [0, 0.05) is 52.0 Å². The highest BCUT2D eigenvalue weighted by atomic mass is 32.2. The first-order valence-corrected chi connectivity index (χ1v) is 12.2. The molecule has 5 rings (SSSR count). The lowest BCUT2D eigenvalue weighted by Crippen LogP contribution is -2.15. The standard InChI is InChI=1S/C21H16N8OS3/c1-13-24-21(33-28-13)26-20(30)19-16(6-7-17(25-19)32-18-8-9-23-27-18)31-15-4-2-14(3-5-15)29-11-10-22-12-29/h2-7,9-12H,8H2,1H3,(H,24,26,28,30). The number of rotatable bonds is 6. The summed E-state index contributed by atoms with van der Waals surface area (Å²) in [4.78, 5) is 27.8. The van der Waals surface area contributed by atoms with Gasteiger partial charge in [-0.25, -0.2) is 15.0 Å². The van der Waals surface area contributed by atoms with Crippen LogP contribution < -0.4 is 5.32 Å². The molecule has 12 heteroatoms. The molecule has 0 radical (unpaired) electrons. The maximum absolute atomic E-state index is 13.1. The summed E-state index contributed by atoms with van der Waals surface area (Å²) in [7, 11) is 0. The number of amides is 1. The molecule has 0 spiro atoms. The summed E-state index contributed by atoms with van der Waals surface area (Å²) in [6.45, 7) is 1.78. The van der Waals surface area contributed by atoms with Crippen molar-refractivity contribution < 1.29 is 4.79 Å². The SMILES string of the molecule is Cc1nsc(NC(=O)c2nc(SC3=NN=CC3)ccc2Sc2ccc(-n3ccnc3)cc2)n1. The number of carbonyl (C=O) groups excluding carboxylic acids is 1. The van der Waals surface area contributed by atoms with E-state index in [0.29, 0.717) is 28.1 Å². The van der Waals surface area contributed by atoms with Gasteiger partial charge in [-0.2, -0.15) is 9.47 Å². The Bertz CT molecular complexity index is 1350. The maximum Gasteiger partial charge on any atom is 0.277 e. The monoisotopic (exact) mass is 492 g/mol. The summed E-state index contributed by atoms with van der Waals surface area (Å²) < 4.78 is 6.05. The van der Waals surface area contributed by atoms with E-state index in [1.165, 1.54) is 23.5 Å². The van der Waals surface area contributed by atoms with Gasteiger partial charge in [0.15, 0.2) is 0 Å². The van der Waals surface area contributed by atoms with E-state index in [1.54, 1.807) is 25.7 Å². The molecule has 0 unspecified atom stereocenters. The number of imidazole rings is 1. The van der Waals surface area contributed by atoms with E-state index in [1.807, 2.05) is 47.2 Å². The molecule has 0 bridgehead atoms. The van der Waals surface area contributed by atoms with Crippen molar-refractivity contribution in [1.82, 2.24) is 23.9 Å². The molecule has 9 nitrogen and oxygen atoms in total. The van der Waals surface area contributed by atoms with Crippen molar-refractivity contribution in [3.8, 4) is 5.69 Å². The van der Waals surface area contributed by atoms with Crippen LogP contribution in [0.25, 0.3) is 5.69 Å². The average Bonchev–Trinajstić information content (AvgIpc) is 3.59.